The molecule has 2 nitrogen and oxygen atoms in total. The van der Waals surface area contributed by atoms with E-state index in [1.54, 1.807) is 0 Å². The molecule has 1 aromatic heterocycles. The molecule has 0 aliphatic heterocycles. The molecule has 0 bridgehead atoms. The summed E-state index contributed by atoms with van der Waals surface area (Å²) in [5, 5.41) is 4.79. The van der Waals surface area contributed by atoms with Crippen LogP contribution in [0.4, 0.5) is 11.4 Å². The minimum atomic E-state index is -0.510. The van der Waals surface area contributed by atoms with E-state index in [4.69, 9.17) is 4.42 Å². The Kier molecular flexibility index (Phi) is 8.29. The van der Waals surface area contributed by atoms with Gasteiger partial charge >= 0.3 is 0 Å². The Bertz CT molecular complexity index is 3330. The van der Waals surface area contributed by atoms with Crippen molar-refractivity contribution in [1.29, 1.82) is 0 Å². The van der Waals surface area contributed by atoms with Crippen molar-refractivity contribution in [2.24, 2.45) is 0 Å². The van der Waals surface area contributed by atoms with E-state index in [2.05, 4.69) is 211 Å². The second kappa shape index (κ2) is 14.3. The van der Waals surface area contributed by atoms with Gasteiger partial charge in [0, 0.05) is 45.9 Å². The molecule has 0 spiro atoms. The minimum Gasteiger partial charge on any atom is -0.455 e. The van der Waals surface area contributed by atoms with Crippen LogP contribution >= 0.6 is 0 Å². The van der Waals surface area contributed by atoms with Gasteiger partial charge in [-0.25, -0.2) is 0 Å². The average Bonchev–Trinajstić information content (AvgIpc) is 3.84. The maximum atomic E-state index is 6.54. The number of anilines is 2. The zero-order valence-corrected chi connectivity index (χ0v) is 33.7. The summed E-state index contributed by atoms with van der Waals surface area (Å²) in [6.45, 7) is 0. The fourth-order valence-corrected chi connectivity index (χ4v) is 10.5. The highest BCUT2D eigenvalue weighted by Gasteiger charge is 2.46. The van der Waals surface area contributed by atoms with Crippen LogP contribution in [0.15, 0.2) is 204 Å². The number of allylic oxidation sites excluding steroid dienone is 5. The van der Waals surface area contributed by atoms with Crippen LogP contribution in [0.3, 0.4) is 0 Å². The molecule has 12 rings (SSSR count). The van der Waals surface area contributed by atoms with Crippen LogP contribution in [0.25, 0.3) is 55.5 Å². The van der Waals surface area contributed by atoms with Crippen LogP contribution in [-0.2, 0) is 11.8 Å². The van der Waals surface area contributed by atoms with Gasteiger partial charge in [0.25, 0.3) is 0 Å². The smallest absolute Gasteiger partial charge is 0.142 e. The summed E-state index contributed by atoms with van der Waals surface area (Å²) in [6, 6.07) is 64.7. The fourth-order valence-electron chi connectivity index (χ4n) is 10.5. The van der Waals surface area contributed by atoms with Crippen molar-refractivity contribution in [2.45, 2.75) is 31.1 Å². The van der Waals surface area contributed by atoms with E-state index >= 15 is 0 Å². The van der Waals surface area contributed by atoms with Crippen LogP contribution in [0, 0.1) is 11.8 Å². The SMILES string of the molecule is C1#CCc2c(ccc3cccc(N(C4=CC=C(c5cccc6c5oc5ccccc56)CC4)c4ccc5c(c4)C(c4ccccc4)(c4ccccc4)c4ccccc4-5)c23)/C=C\C1. The van der Waals surface area contributed by atoms with Crippen molar-refractivity contribution < 1.29 is 4.42 Å². The highest BCUT2D eigenvalue weighted by molar-refractivity contribution is 6.08. The first-order valence-electron chi connectivity index (χ1n) is 21.4. The number of hydrogen-bond donors (Lipinski definition) is 0. The molecule has 288 valence electrons. The fraction of sp³-hybridized carbons (Fsp3) is 0.0847. The lowest BCUT2D eigenvalue weighted by molar-refractivity contribution is 0.667. The van der Waals surface area contributed by atoms with E-state index in [9.17, 15) is 0 Å². The van der Waals surface area contributed by atoms with Gasteiger partial charge in [-0.1, -0.05) is 182 Å². The van der Waals surface area contributed by atoms with Gasteiger partial charge in [0.15, 0.2) is 0 Å². The molecule has 1 heterocycles. The zero-order chi connectivity index (χ0) is 40.3. The molecule has 0 radical (unpaired) electrons. The molecule has 0 saturated heterocycles. The van der Waals surface area contributed by atoms with Crippen molar-refractivity contribution in [3.63, 3.8) is 0 Å². The molecule has 61 heavy (non-hydrogen) atoms. The Morgan fingerprint density at radius 2 is 1.30 bits per heavy atom. The van der Waals surface area contributed by atoms with E-state index in [0.717, 1.165) is 46.9 Å². The molecule has 0 saturated carbocycles. The second-order valence-corrected chi connectivity index (χ2v) is 16.4. The number of para-hydroxylation sites is 2. The Morgan fingerprint density at radius 1 is 0.557 bits per heavy atom. The molecule has 0 N–H and O–H groups in total. The van der Waals surface area contributed by atoms with Gasteiger partial charge in [0.1, 0.15) is 11.2 Å². The van der Waals surface area contributed by atoms with Crippen molar-refractivity contribution >= 4 is 55.7 Å². The average molecular weight is 780 g/mol. The molecular weight excluding hydrogens is 739 g/mol. The predicted molar refractivity (Wildman–Crippen MR) is 254 cm³/mol. The van der Waals surface area contributed by atoms with E-state index in [-0.39, 0.29) is 0 Å². The molecule has 3 aliphatic carbocycles. The van der Waals surface area contributed by atoms with E-state index < -0.39 is 5.41 Å². The van der Waals surface area contributed by atoms with Gasteiger partial charge in [0.2, 0.25) is 0 Å². The monoisotopic (exact) mass is 779 g/mol. The van der Waals surface area contributed by atoms with Gasteiger partial charge in [-0.2, -0.15) is 0 Å². The highest BCUT2D eigenvalue weighted by Crippen LogP contribution is 2.57. The Balaban J connectivity index is 1.11. The van der Waals surface area contributed by atoms with E-state index in [1.807, 2.05) is 6.07 Å². The standard InChI is InChI=1S/C59H41NO/c1-2-10-23-47-40(17-5-1)31-32-42-18-15-29-55(57(42)47)60(45-35-33-41(34-36-45)48-26-16-27-52-51-25-12-14-30-56(51)61-58(48)52)46-37-38-50-49-24-11-13-28-53(49)59(54(50)39-46,43-19-6-3-7-20-43)44-21-8-4-9-22-44/h3-9,11-22,24-33,35,37-39H,1,23,34,36H2/b17-5-. The maximum Gasteiger partial charge on any atom is 0.142 e. The summed E-state index contributed by atoms with van der Waals surface area (Å²) in [4.78, 5) is 2.55. The van der Waals surface area contributed by atoms with Gasteiger partial charge in [0.05, 0.1) is 11.1 Å². The number of furan rings is 1. The number of benzene rings is 8. The Labute approximate surface area is 356 Å². The largest absolute Gasteiger partial charge is 0.455 e. The molecule has 2 heteroatoms. The molecule has 3 aliphatic rings. The summed E-state index contributed by atoms with van der Waals surface area (Å²) in [7, 11) is 0. The molecule has 9 aromatic rings. The molecular formula is C59H41NO. The van der Waals surface area contributed by atoms with Crippen molar-refractivity contribution in [1.82, 2.24) is 0 Å². The molecule has 0 fully saturated rings. The highest BCUT2D eigenvalue weighted by atomic mass is 16.3. The van der Waals surface area contributed by atoms with Gasteiger partial charge < -0.3 is 9.32 Å². The first-order chi connectivity index (χ1) is 30.3. The topological polar surface area (TPSA) is 16.4 Å². The van der Waals surface area contributed by atoms with E-state index in [1.165, 1.54) is 77.8 Å². The van der Waals surface area contributed by atoms with Crippen LogP contribution < -0.4 is 4.90 Å². The van der Waals surface area contributed by atoms with Crippen LogP contribution in [0.1, 0.15) is 58.2 Å². The lowest BCUT2D eigenvalue weighted by Gasteiger charge is -2.36. The van der Waals surface area contributed by atoms with E-state index in [0.29, 0.717) is 6.42 Å². The summed E-state index contributed by atoms with van der Waals surface area (Å²) in [5.74, 6) is 6.89. The van der Waals surface area contributed by atoms with Crippen LogP contribution in [-0.4, -0.2) is 0 Å². The summed E-state index contributed by atoms with van der Waals surface area (Å²) >= 11 is 0. The second-order valence-electron chi connectivity index (χ2n) is 16.4. The van der Waals surface area contributed by atoms with Crippen molar-refractivity contribution in [2.75, 3.05) is 4.90 Å². The number of rotatable bonds is 6. The van der Waals surface area contributed by atoms with Gasteiger partial charge in [-0.3, -0.25) is 0 Å². The zero-order valence-electron chi connectivity index (χ0n) is 33.7. The number of nitrogens with zero attached hydrogens (tertiary/aromatic N) is 1. The normalized spacial score (nSPS) is 15.4. The first kappa shape index (κ1) is 35.4. The van der Waals surface area contributed by atoms with Crippen LogP contribution in [0.2, 0.25) is 0 Å². The quantitative estimate of drug-likeness (QED) is 0.156. The third-order valence-corrected chi connectivity index (χ3v) is 13.2. The molecule has 0 unspecified atom stereocenters. The Morgan fingerprint density at radius 3 is 2.13 bits per heavy atom. The van der Waals surface area contributed by atoms with Gasteiger partial charge in [-0.15, -0.1) is 0 Å². The molecule has 0 amide bonds. The van der Waals surface area contributed by atoms with Crippen molar-refractivity contribution in [3.05, 3.63) is 239 Å². The van der Waals surface area contributed by atoms with Gasteiger partial charge in [-0.05, 0) is 98.7 Å². The summed E-state index contributed by atoms with van der Waals surface area (Å²) in [5.41, 5.74) is 17.6. The van der Waals surface area contributed by atoms with Crippen molar-refractivity contribution in [3.8, 4) is 23.0 Å². The minimum absolute atomic E-state index is 0.510. The lowest BCUT2D eigenvalue weighted by Crippen LogP contribution is -2.29. The first-order valence-corrected chi connectivity index (χ1v) is 21.4. The predicted octanol–water partition coefficient (Wildman–Crippen LogP) is 15.0. The number of hydrogen-bond acceptors (Lipinski definition) is 2. The third kappa shape index (κ3) is 5.51. The Hall–Kier alpha value is -7.60. The van der Waals surface area contributed by atoms with Crippen LogP contribution in [0.5, 0.6) is 0 Å². The molecule has 8 aromatic carbocycles. The number of fused-ring (bicyclic) bond motifs is 9. The maximum absolute atomic E-state index is 6.54. The lowest BCUT2D eigenvalue weighted by atomic mass is 9.67. The third-order valence-electron chi connectivity index (χ3n) is 13.2. The molecule has 0 atom stereocenters. The summed E-state index contributed by atoms with van der Waals surface area (Å²) in [6.07, 6.45) is 12.4. The summed E-state index contributed by atoms with van der Waals surface area (Å²) < 4.78 is 6.54.